The van der Waals surface area contributed by atoms with Gasteiger partial charge in [0, 0.05) is 17.2 Å². The molecule has 1 fully saturated rings. The fourth-order valence-electron chi connectivity index (χ4n) is 2.82. The lowest BCUT2D eigenvalue weighted by Gasteiger charge is -2.20. The highest BCUT2D eigenvalue weighted by molar-refractivity contribution is 9.09. The van der Waals surface area contributed by atoms with Crippen LogP contribution in [0.2, 0.25) is 0 Å². The summed E-state index contributed by atoms with van der Waals surface area (Å²) in [6, 6.07) is 4.27. The number of rotatable bonds is 5. The Morgan fingerprint density at radius 1 is 1.29 bits per heavy atom. The van der Waals surface area contributed by atoms with Crippen LogP contribution in [0.25, 0.3) is 0 Å². The molecule has 0 radical (unpaired) electrons. The maximum Gasteiger partial charge on any atom is 0.0270 e. The predicted octanol–water partition coefficient (Wildman–Crippen LogP) is 4.92. The second-order valence-electron chi connectivity index (χ2n) is 5.31. The molecule has 0 saturated heterocycles. The van der Waals surface area contributed by atoms with Crippen LogP contribution in [0.15, 0.2) is 24.5 Å². The Morgan fingerprint density at radius 2 is 1.94 bits per heavy atom. The number of alkyl halides is 1. The average molecular weight is 296 g/mol. The minimum absolute atomic E-state index is 0.583. The van der Waals surface area contributed by atoms with Gasteiger partial charge in [-0.1, -0.05) is 48.5 Å². The van der Waals surface area contributed by atoms with Crippen molar-refractivity contribution in [2.75, 3.05) is 0 Å². The molecule has 1 saturated carbocycles. The molecular formula is C15H22BrN. The summed E-state index contributed by atoms with van der Waals surface area (Å²) in [6.07, 6.45) is 12.3. The molecule has 1 aliphatic carbocycles. The fourth-order valence-corrected chi connectivity index (χ4v) is 3.39. The van der Waals surface area contributed by atoms with Gasteiger partial charge in [-0.3, -0.25) is 4.98 Å². The molecule has 17 heavy (non-hydrogen) atoms. The second-order valence-corrected chi connectivity index (χ2v) is 6.49. The number of pyridine rings is 1. The van der Waals surface area contributed by atoms with E-state index in [1.165, 1.54) is 44.1 Å². The van der Waals surface area contributed by atoms with Crippen molar-refractivity contribution in [3.63, 3.8) is 0 Å². The zero-order valence-electron chi connectivity index (χ0n) is 10.6. The topological polar surface area (TPSA) is 12.9 Å². The van der Waals surface area contributed by atoms with Crippen molar-refractivity contribution in [2.24, 2.45) is 5.92 Å². The fraction of sp³-hybridized carbons (Fsp3) is 0.667. The number of hydrogen-bond donors (Lipinski definition) is 0. The zero-order valence-corrected chi connectivity index (χ0v) is 12.2. The molecule has 0 aromatic carbocycles. The highest BCUT2D eigenvalue weighted by atomic mass is 79.9. The molecule has 0 amide bonds. The number of nitrogens with zero attached hydrogens (tertiary/aromatic N) is 1. The maximum absolute atomic E-state index is 4.08. The van der Waals surface area contributed by atoms with E-state index in [9.17, 15) is 0 Å². The Bertz CT molecular complexity index is 319. The minimum atomic E-state index is 0.583. The number of hydrogen-bond acceptors (Lipinski definition) is 1. The average Bonchev–Trinajstić information content (AvgIpc) is 2.89. The van der Waals surface area contributed by atoms with Crippen LogP contribution in [0.5, 0.6) is 0 Å². The van der Waals surface area contributed by atoms with E-state index in [-0.39, 0.29) is 0 Å². The van der Waals surface area contributed by atoms with Crippen molar-refractivity contribution in [1.82, 2.24) is 4.98 Å². The maximum atomic E-state index is 4.08. The van der Waals surface area contributed by atoms with Crippen LogP contribution in [0, 0.1) is 5.92 Å². The van der Waals surface area contributed by atoms with Crippen LogP contribution in [0.3, 0.4) is 0 Å². The monoisotopic (exact) mass is 295 g/mol. The summed E-state index contributed by atoms with van der Waals surface area (Å²) in [4.78, 5) is 4.68. The van der Waals surface area contributed by atoms with E-state index >= 15 is 0 Å². The van der Waals surface area contributed by atoms with Gasteiger partial charge in [-0.25, -0.2) is 0 Å². The molecule has 0 bridgehead atoms. The van der Waals surface area contributed by atoms with Gasteiger partial charge in [-0.05, 0) is 42.4 Å². The highest BCUT2D eigenvalue weighted by Gasteiger charge is 2.20. The van der Waals surface area contributed by atoms with Gasteiger partial charge in [0.15, 0.2) is 0 Å². The van der Waals surface area contributed by atoms with E-state index in [2.05, 4.69) is 40.0 Å². The summed E-state index contributed by atoms with van der Waals surface area (Å²) < 4.78 is 0. The van der Waals surface area contributed by atoms with Crippen molar-refractivity contribution in [3.05, 3.63) is 30.1 Å². The molecule has 2 atom stereocenters. The lowest BCUT2D eigenvalue weighted by molar-refractivity contribution is 0.468. The van der Waals surface area contributed by atoms with Crippen LogP contribution < -0.4 is 0 Å². The van der Waals surface area contributed by atoms with Gasteiger partial charge >= 0.3 is 0 Å². The first-order chi connectivity index (χ1) is 8.27. The van der Waals surface area contributed by atoms with Crippen molar-refractivity contribution in [3.8, 4) is 0 Å². The molecule has 1 aliphatic rings. The second kappa shape index (κ2) is 6.53. The standard InChI is InChI=1S/C15H22BrN/c1-12(14-8-10-17-11-9-14)15(16)7-6-13-4-2-3-5-13/h8-13,15H,2-7H2,1H3. The Morgan fingerprint density at radius 3 is 2.59 bits per heavy atom. The van der Waals surface area contributed by atoms with E-state index in [1.54, 1.807) is 0 Å². The molecule has 0 N–H and O–H groups in total. The van der Waals surface area contributed by atoms with Crippen LogP contribution in [-0.2, 0) is 0 Å². The summed E-state index contributed by atoms with van der Waals surface area (Å²) >= 11 is 3.87. The Labute approximate surface area is 113 Å². The molecule has 2 heteroatoms. The first-order valence-electron chi connectivity index (χ1n) is 6.81. The van der Waals surface area contributed by atoms with E-state index in [4.69, 9.17) is 0 Å². The Hall–Kier alpha value is -0.370. The molecule has 1 nitrogen and oxygen atoms in total. The third-order valence-electron chi connectivity index (χ3n) is 4.10. The Kier molecular flexibility index (Phi) is 5.02. The molecule has 2 rings (SSSR count). The van der Waals surface area contributed by atoms with Crippen molar-refractivity contribution < 1.29 is 0 Å². The van der Waals surface area contributed by atoms with Crippen LogP contribution in [0.1, 0.15) is 56.9 Å². The van der Waals surface area contributed by atoms with Gasteiger partial charge in [0.25, 0.3) is 0 Å². The van der Waals surface area contributed by atoms with Gasteiger partial charge in [0.1, 0.15) is 0 Å². The van der Waals surface area contributed by atoms with Gasteiger partial charge < -0.3 is 0 Å². The van der Waals surface area contributed by atoms with Gasteiger partial charge in [-0.15, -0.1) is 0 Å². The number of halogens is 1. The van der Waals surface area contributed by atoms with Crippen molar-refractivity contribution >= 4 is 15.9 Å². The SMILES string of the molecule is CC(c1ccncc1)C(Br)CCC1CCCC1. The van der Waals surface area contributed by atoms with Gasteiger partial charge in [0.05, 0.1) is 0 Å². The smallest absolute Gasteiger partial charge is 0.0270 e. The lowest BCUT2D eigenvalue weighted by Crippen LogP contribution is -2.11. The molecule has 1 aromatic rings. The van der Waals surface area contributed by atoms with E-state index < -0.39 is 0 Å². The van der Waals surface area contributed by atoms with Gasteiger partial charge in [0.2, 0.25) is 0 Å². The third kappa shape index (κ3) is 3.80. The third-order valence-corrected chi connectivity index (χ3v) is 5.35. The molecule has 0 spiro atoms. The molecule has 2 unspecified atom stereocenters. The van der Waals surface area contributed by atoms with Crippen LogP contribution >= 0.6 is 15.9 Å². The summed E-state index contributed by atoms with van der Waals surface area (Å²) in [7, 11) is 0. The molecule has 1 aromatic heterocycles. The molecule has 94 valence electrons. The minimum Gasteiger partial charge on any atom is -0.265 e. The van der Waals surface area contributed by atoms with Crippen molar-refractivity contribution in [1.29, 1.82) is 0 Å². The van der Waals surface area contributed by atoms with E-state index in [0.717, 1.165) is 5.92 Å². The predicted molar refractivity (Wildman–Crippen MR) is 76.6 cm³/mol. The van der Waals surface area contributed by atoms with E-state index in [1.807, 2.05) is 12.4 Å². The summed E-state index contributed by atoms with van der Waals surface area (Å²) in [5.74, 6) is 1.58. The lowest BCUT2D eigenvalue weighted by atomic mass is 9.92. The molecular weight excluding hydrogens is 274 g/mol. The summed E-state index contributed by atoms with van der Waals surface area (Å²) in [5.41, 5.74) is 1.40. The normalized spacial score (nSPS) is 20.4. The first-order valence-corrected chi connectivity index (χ1v) is 7.73. The summed E-state index contributed by atoms with van der Waals surface area (Å²) in [5, 5.41) is 0. The van der Waals surface area contributed by atoms with E-state index in [0.29, 0.717) is 10.7 Å². The van der Waals surface area contributed by atoms with Crippen LogP contribution in [-0.4, -0.2) is 9.81 Å². The Balaban J connectivity index is 1.80. The summed E-state index contributed by atoms with van der Waals surface area (Å²) in [6.45, 7) is 2.31. The molecule has 1 heterocycles. The quantitative estimate of drug-likeness (QED) is 0.703. The molecule has 0 aliphatic heterocycles. The first kappa shape index (κ1) is 13.1. The zero-order chi connectivity index (χ0) is 12.1. The largest absolute Gasteiger partial charge is 0.265 e. The van der Waals surface area contributed by atoms with Gasteiger partial charge in [-0.2, -0.15) is 0 Å². The van der Waals surface area contributed by atoms with Crippen LogP contribution in [0.4, 0.5) is 0 Å². The highest BCUT2D eigenvalue weighted by Crippen LogP contribution is 2.33. The van der Waals surface area contributed by atoms with Crippen molar-refractivity contribution in [2.45, 2.75) is 56.2 Å². The number of aromatic nitrogens is 1.